The highest BCUT2D eigenvalue weighted by Crippen LogP contribution is 2.65. The van der Waals surface area contributed by atoms with Crippen LogP contribution in [0.15, 0.2) is 28.7 Å². The SMILES string of the molecule is O=C(c1nnc(-c2ccc(F)cc2)o1)N1CCC2(CC1)CC2(F)F. The third-order valence-electron chi connectivity index (χ3n) is 4.92. The molecule has 1 spiro atoms. The lowest BCUT2D eigenvalue weighted by atomic mass is 9.93. The van der Waals surface area contributed by atoms with E-state index in [1.807, 2.05) is 0 Å². The molecule has 8 heteroatoms. The Morgan fingerprint density at radius 2 is 1.75 bits per heavy atom. The molecule has 24 heavy (non-hydrogen) atoms. The van der Waals surface area contributed by atoms with Crippen LogP contribution in [0.4, 0.5) is 13.2 Å². The van der Waals surface area contributed by atoms with E-state index < -0.39 is 23.1 Å². The summed E-state index contributed by atoms with van der Waals surface area (Å²) in [6.45, 7) is 0.505. The Kier molecular flexibility index (Phi) is 3.20. The number of carbonyl (C=O) groups is 1. The number of carbonyl (C=O) groups excluding carboxylic acids is 1. The highest BCUT2D eigenvalue weighted by Gasteiger charge is 2.70. The fourth-order valence-electron chi connectivity index (χ4n) is 3.22. The number of hydrogen-bond acceptors (Lipinski definition) is 4. The van der Waals surface area contributed by atoms with Crippen molar-refractivity contribution in [2.45, 2.75) is 25.2 Å². The van der Waals surface area contributed by atoms with Gasteiger partial charge in [0.05, 0.1) is 0 Å². The van der Waals surface area contributed by atoms with Crippen LogP contribution in [0.5, 0.6) is 0 Å². The quantitative estimate of drug-likeness (QED) is 0.845. The third-order valence-corrected chi connectivity index (χ3v) is 4.92. The molecule has 2 aliphatic rings. The van der Waals surface area contributed by atoms with Crippen molar-refractivity contribution in [3.05, 3.63) is 36.0 Å². The molecule has 0 radical (unpaired) electrons. The van der Waals surface area contributed by atoms with Crippen LogP contribution in [0, 0.1) is 11.2 Å². The summed E-state index contributed by atoms with van der Waals surface area (Å²) in [5, 5.41) is 7.51. The van der Waals surface area contributed by atoms with Crippen LogP contribution in [-0.4, -0.2) is 40.0 Å². The van der Waals surface area contributed by atoms with Gasteiger partial charge in [-0.1, -0.05) is 0 Å². The molecule has 0 unspecified atom stereocenters. The molecule has 2 fully saturated rings. The lowest BCUT2D eigenvalue weighted by Crippen LogP contribution is -2.40. The molecule has 4 rings (SSSR count). The second-order valence-electron chi connectivity index (χ2n) is 6.37. The average Bonchev–Trinajstić information content (AvgIpc) is 2.92. The van der Waals surface area contributed by atoms with E-state index in [0.717, 1.165) is 0 Å². The first kappa shape index (κ1) is 15.2. The molecule has 1 saturated carbocycles. The fraction of sp³-hybridized carbons (Fsp3) is 0.438. The highest BCUT2D eigenvalue weighted by molar-refractivity contribution is 5.89. The van der Waals surface area contributed by atoms with Crippen LogP contribution in [0.1, 0.15) is 29.9 Å². The predicted octanol–water partition coefficient (Wildman–Crippen LogP) is 3.14. The minimum absolute atomic E-state index is 0.0860. The van der Waals surface area contributed by atoms with Gasteiger partial charge in [-0.15, -0.1) is 10.2 Å². The molecule has 1 aromatic carbocycles. The van der Waals surface area contributed by atoms with Crippen LogP contribution in [0.25, 0.3) is 11.5 Å². The van der Waals surface area contributed by atoms with Crippen LogP contribution in [0.2, 0.25) is 0 Å². The normalized spacial score (nSPS) is 21.0. The molecule has 0 bridgehead atoms. The monoisotopic (exact) mass is 337 g/mol. The number of hydrogen-bond donors (Lipinski definition) is 0. The van der Waals surface area contributed by atoms with Crippen molar-refractivity contribution in [2.24, 2.45) is 5.41 Å². The van der Waals surface area contributed by atoms with Crippen LogP contribution in [0.3, 0.4) is 0 Å². The second-order valence-corrected chi connectivity index (χ2v) is 6.37. The van der Waals surface area contributed by atoms with Gasteiger partial charge in [-0.3, -0.25) is 4.79 Å². The molecule has 2 heterocycles. The van der Waals surface area contributed by atoms with Crippen molar-refractivity contribution in [3.8, 4) is 11.5 Å². The zero-order chi connectivity index (χ0) is 16.9. The number of aromatic nitrogens is 2. The number of halogens is 3. The van der Waals surface area contributed by atoms with E-state index >= 15 is 0 Å². The Bertz CT molecular complexity index is 780. The third kappa shape index (κ3) is 2.37. The summed E-state index contributed by atoms with van der Waals surface area (Å²) in [5.41, 5.74) is -0.420. The summed E-state index contributed by atoms with van der Waals surface area (Å²) in [4.78, 5) is 13.8. The maximum Gasteiger partial charge on any atom is 0.311 e. The zero-order valence-corrected chi connectivity index (χ0v) is 12.6. The average molecular weight is 337 g/mol. The van der Waals surface area contributed by atoms with E-state index in [1.54, 1.807) is 0 Å². The molecule has 1 aliphatic carbocycles. The number of benzene rings is 1. The smallest absolute Gasteiger partial charge is 0.311 e. The van der Waals surface area contributed by atoms with Gasteiger partial charge in [-0.2, -0.15) is 0 Å². The maximum atomic E-state index is 13.4. The van der Waals surface area contributed by atoms with Crippen LogP contribution in [-0.2, 0) is 0 Å². The molecule has 0 N–H and O–H groups in total. The lowest BCUT2D eigenvalue weighted by molar-refractivity contribution is 0.0271. The standard InChI is InChI=1S/C16H14F3N3O2/c17-11-3-1-10(2-4-11)12-20-21-13(24-12)14(23)22-7-5-15(6-8-22)9-16(15,18)19/h1-4H,5-9H2. The summed E-state index contributed by atoms with van der Waals surface area (Å²) in [6, 6.07) is 5.44. The van der Waals surface area contributed by atoms with Gasteiger partial charge in [0.1, 0.15) is 5.82 Å². The number of nitrogens with zero attached hydrogens (tertiary/aromatic N) is 3. The molecule has 1 aliphatic heterocycles. The van der Waals surface area contributed by atoms with E-state index in [-0.39, 0.29) is 44.1 Å². The first-order chi connectivity index (χ1) is 11.4. The Morgan fingerprint density at radius 1 is 1.12 bits per heavy atom. The molecular formula is C16H14F3N3O2. The van der Waals surface area contributed by atoms with E-state index in [9.17, 15) is 18.0 Å². The molecule has 126 valence electrons. The summed E-state index contributed by atoms with van der Waals surface area (Å²) in [7, 11) is 0. The first-order valence-corrected chi connectivity index (χ1v) is 7.67. The van der Waals surface area contributed by atoms with E-state index in [2.05, 4.69) is 10.2 Å². The molecule has 1 saturated heterocycles. The summed E-state index contributed by atoms with van der Waals surface area (Å²) >= 11 is 0. The number of alkyl halides is 2. The van der Waals surface area contributed by atoms with Crippen molar-refractivity contribution < 1.29 is 22.4 Å². The summed E-state index contributed by atoms with van der Waals surface area (Å²) < 4.78 is 45.0. The van der Waals surface area contributed by atoms with Crippen molar-refractivity contribution in [2.75, 3.05) is 13.1 Å². The summed E-state index contributed by atoms with van der Waals surface area (Å²) in [5.74, 6) is -3.53. The zero-order valence-electron chi connectivity index (χ0n) is 12.6. The maximum absolute atomic E-state index is 13.4. The Hall–Kier alpha value is -2.38. The minimum atomic E-state index is -2.59. The molecule has 5 nitrogen and oxygen atoms in total. The molecule has 1 aromatic heterocycles. The van der Waals surface area contributed by atoms with Gasteiger partial charge in [0.25, 0.3) is 5.92 Å². The molecule has 0 atom stereocenters. The van der Waals surface area contributed by atoms with E-state index in [0.29, 0.717) is 5.56 Å². The van der Waals surface area contributed by atoms with Crippen LogP contribution >= 0.6 is 0 Å². The van der Waals surface area contributed by atoms with Crippen molar-refractivity contribution >= 4 is 5.91 Å². The molecular weight excluding hydrogens is 323 g/mol. The molecule has 2 aromatic rings. The molecule has 1 amide bonds. The van der Waals surface area contributed by atoms with E-state index in [4.69, 9.17) is 4.42 Å². The predicted molar refractivity (Wildman–Crippen MR) is 76.8 cm³/mol. The van der Waals surface area contributed by atoms with Gasteiger partial charge in [-0.25, -0.2) is 13.2 Å². The Balaban J connectivity index is 1.45. The van der Waals surface area contributed by atoms with Gasteiger partial charge in [0.15, 0.2) is 0 Å². The van der Waals surface area contributed by atoms with Gasteiger partial charge in [0.2, 0.25) is 5.89 Å². The Morgan fingerprint density at radius 3 is 2.33 bits per heavy atom. The van der Waals surface area contributed by atoms with Gasteiger partial charge in [0, 0.05) is 30.5 Å². The second kappa shape index (κ2) is 5.06. The fourth-order valence-corrected chi connectivity index (χ4v) is 3.22. The van der Waals surface area contributed by atoms with Crippen molar-refractivity contribution in [1.82, 2.24) is 15.1 Å². The minimum Gasteiger partial charge on any atom is -0.412 e. The van der Waals surface area contributed by atoms with Crippen molar-refractivity contribution in [3.63, 3.8) is 0 Å². The van der Waals surface area contributed by atoms with Gasteiger partial charge < -0.3 is 9.32 Å². The topological polar surface area (TPSA) is 59.2 Å². The van der Waals surface area contributed by atoms with Gasteiger partial charge >= 0.3 is 11.8 Å². The van der Waals surface area contributed by atoms with Gasteiger partial charge in [-0.05, 0) is 37.1 Å². The van der Waals surface area contributed by atoms with Crippen LogP contribution < -0.4 is 0 Å². The van der Waals surface area contributed by atoms with Crippen molar-refractivity contribution in [1.29, 1.82) is 0 Å². The Labute approximate surface area is 135 Å². The number of piperidine rings is 1. The number of rotatable bonds is 2. The summed E-state index contributed by atoms with van der Waals surface area (Å²) in [6.07, 6.45) is 0.479. The van der Waals surface area contributed by atoms with E-state index in [1.165, 1.54) is 29.2 Å². The highest BCUT2D eigenvalue weighted by atomic mass is 19.3. The largest absolute Gasteiger partial charge is 0.412 e. The number of amides is 1. The number of likely N-dealkylation sites (tertiary alicyclic amines) is 1. The lowest BCUT2D eigenvalue weighted by Gasteiger charge is -2.31. The first-order valence-electron chi connectivity index (χ1n) is 7.67.